The van der Waals surface area contributed by atoms with Gasteiger partial charge in [-0.3, -0.25) is 9.98 Å². The van der Waals surface area contributed by atoms with Gasteiger partial charge in [0.2, 0.25) is 0 Å². The van der Waals surface area contributed by atoms with Crippen LogP contribution in [0.25, 0.3) is 0 Å². The fourth-order valence-corrected chi connectivity index (χ4v) is 1.57. The van der Waals surface area contributed by atoms with Gasteiger partial charge < -0.3 is 24.8 Å². The van der Waals surface area contributed by atoms with Crippen LogP contribution < -0.4 is 24.8 Å². The van der Waals surface area contributed by atoms with Crippen molar-refractivity contribution >= 4 is 24.1 Å². The maximum absolute atomic E-state index is 4.45. The van der Waals surface area contributed by atoms with Crippen LogP contribution >= 0.6 is 0 Å². The molecule has 1 aromatic rings. The van der Waals surface area contributed by atoms with Gasteiger partial charge in [0.25, 0.3) is 0 Å². The van der Waals surface area contributed by atoms with Gasteiger partial charge in [0.05, 0.1) is 13.1 Å². The number of nitrogens with zero attached hydrogens (tertiary/aromatic N) is 5. The number of halogens is 2. The number of aromatic nitrogens is 1. The van der Waals surface area contributed by atoms with E-state index < -0.39 is 0 Å². The molecular formula is C11H9Cl2CoN5. The molecular weight excluding hydrogens is 332 g/mol. The summed E-state index contributed by atoms with van der Waals surface area (Å²) in [6, 6.07) is 5.71. The molecule has 1 aromatic heterocycles. The van der Waals surface area contributed by atoms with Gasteiger partial charge in [0.1, 0.15) is 11.4 Å². The molecule has 0 fully saturated rings. The Kier molecular flexibility index (Phi) is 7.69. The molecule has 0 saturated carbocycles. The number of amidine groups is 2. The second-order valence-corrected chi connectivity index (χ2v) is 3.36. The Morgan fingerprint density at radius 1 is 0.789 bits per heavy atom. The molecule has 2 aliphatic rings. The van der Waals surface area contributed by atoms with Crippen molar-refractivity contribution in [3.63, 3.8) is 0 Å². The molecule has 0 atom stereocenters. The van der Waals surface area contributed by atoms with E-state index in [0.717, 1.165) is 11.4 Å². The van der Waals surface area contributed by atoms with Crippen molar-refractivity contribution in [2.24, 2.45) is 20.0 Å². The van der Waals surface area contributed by atoms with Crippen molar-refractivity contribution in [1.82, 2.24) is 4.98 Å². The Hall–Kier alpha value is -1.08. The minimum absolute atomic E-state index is 0. The summed E-state index contributed by atoms with van der Waals surface area (Å²) >= 11 is 0. The van der Waals surface area contributed by atoms with E-state index >= 15 is 0 Å². The summed E-state index contributed by atoms with van der Waals surface area (Å²) in [6.45, 7) is 1.28. The second kappa shape index (κ2) is 8.16. The monoisotopic (exact) mass is 340 g/mol. The standard InChI is InChI=1S/C11H9N5.2ClH.Co/c1-2-8(10-12-4-5-13-10)16-9(3-1)11-14-6-7-15-11;;;/h1-4,6H,5,7H2;2*1H;/q;;;+2/p-2. The van der Waals surface area contributed by atoms with Crippen molar-refractivity contribution < 1.29 is 41.6 Å². The number of pyridine rings is 1. The number of hydrogen-bond donors (Lipinski definition) is 0. The van der Waals surface area contributed by atoms with Crippen LogP contribution in [0.15, 0.2) is 38.2 Å². The second-order valence-electron chi connectivity index (χ2n) is 3.36. The quantitative estimate of drug-likeness (QED) is 0.530. The third kappa shape index (κ3) is 3.94. The molecule has 0 aromatic carbocycles. The molecule has 5 nitrogen and oxygen atoms in total. The molecule has 3 heterocycles. The van der Waals surface area contributed by atoms with Crippen LogP contribution in [-0.4, -0.2) is 42.2 Å². The number of rotatable bonds is 2. The fourth-order valence-electron chi connectivity index (χ4n) is 1.57. The Bertz CT molecular complexity index is 509. The van der Waals surface area contributed by atoms with E-state index in [9.17, 15) is 0 Å². The summed E-state index contributed by atoms with van der Waals surface area (Å²) in [7, 11) is 0. The van der Waals surface area contributed by atoms with Gasteiger partial charge in [0, 0.05) is 12.4 Å². The zero-order valence-corrected chi connectivity index (χ0v) is 12.2. The van der Waals surface area contributed by atoms with Gasteiger partial charge in [0.15, 0.2) is 11.7 Å². The third-order valence-electron chi connectivity index (χ3n) is 2.28. The molecule has 101 valence electrons. The van der Waals surface area contributed by atoms with Crippen LogP contribution in [0.5, 0.6) is 0 Å². The number of aliphatic imine (C=N–C) groups is 4. The Balaban J connectivity index is 0.00000108. The molecule has 0 aliphatic carbocycles. The first kappa shape index (κ1) is 17.9. The molecule has 0 unspecified atom stereocenters. The summed E-state index contributed by atoms with van der Waals surface area (Å²) in [4.78, 5) is 21.2. The van der Waals surface area contributed by atoms with E-state index in [1.54, 1.807) is 12.4 Å². The van der Waals surface area contributed by atoms with E-state index in [1.807, 2.05) is 18.2 Å². The first-order valence-corrected chi connectivity index (χ1v) is 5.05. The van der Waals surface area contributed by atoms with Crippen LogP contribution in [-0.2, 0) is 16.8 Å². The van der Waals surface area contributed by atoms with Crippen molar-refractivity contribution in [3.05, 3.63) is 29.6 Å². The summed E-state index contributed by atoms with van der Waals surface area (Å²) in [6.07, 6.45) is 3.55. The third-order valence-corrected chi connectivity index (χ3v) is 2.28. The first-order chi connectivity index (χ1) is 7.93. The van der Waals surface area contributed by atoms with Gasteiger partial charge in [-0.1, -0.05) is 6.07 Å². The zero-order chi connectivity index (χ0) is 10.8. The predicted octanol–water partition coefficient (Wildman–Crippen LogP) is -5.25. The fraction of sp³-hybridized carbons (Fsp3) is 0.182. The maximum Gasteiger partial charge on any atom is 2.00 e. The minimum atomic E-state index is 0. The van der Waals surface area contributed by atoms with Gasteiger partial charge >= 0.3 is 16.8 Å². The number of hydrogen-bond acceptors (Lipinski definition) is 5. The van der Waals surface area contributed by atoms with Gasteiger partial charge in [-0.25, -0.2) is 15.0 Å². The summed E-state index contributed by atoms with van der Waals surface area (Å²) in [5, 5.41) is 0. The molecule has 0 saturated heterocycles. The van der Waals surface area contributed by atoms with Crippen LogP contribution in [0, 0.1) is 0 Å². The average molecular weight is 341 g/mol. The predicted molar refractivity (Wildman–Crippen MR) is 64.0 cm³/mol. The van der Waals surface area contributed by atoms with Gasteiger partial charge in [-0.05, 0) is 12.1 Å². The molecule has 2 aliphatic heterocycles. The van der Waals surface area contributed by atoms with Crippen LogP contribution in [0.1, 0.15) is 11.4 Å². The van der Waals surface area contributed by atoms with E-state index in [4.69, 9.17) is 0 Å². The first-order valence-electron chi connectivity index (χ1n) is 5.05. The average Bonchev–Trinajstić information content (AvgIpc) is 3.03. The molecule has 3 rings (SSSR count). The zero-order valence-electron chi connectivity index (χ0n) is 9.63. The Labute approximate surface area is 133 Å². The van der Waals surface area contributed by atoms with Crippen LogP contribution in [0.2, 0.25) is 0 Å². The molecule has 0 N–H and O–H groups in total. The summed E-state index contributed by atoms with van der Waals surface area (Å²) < 4.78 is 0. The van der Waals surface area contributed by atoms with Crippen LogP contribution in [0.4, 0.5) is 0 Å². The normalized spacial score (nSPS) is 14.9. The molecule has 8 heteroatoms. The van der Waals surface area contributed by atoms with Crippen molar-refractivity contribution in [2.45, 2.75) is 0 Å². The van der Waals surface area contributed by atoms with Gasteiger partial charge in [-0.2, -0.15) is 0 Å². The molecule has 19 heavy (non-hydrogen) atoms. The van der Waals surface area contributed by atoms with E-state index in [1.165, 1.54) is 0 Å². The Morgan fingerprint density at radius 2 is 1.26 bits per heavy atom. The van der Waals surface area contributed by atoms with E-state index in [2.05, 4.69) is 25.0 Å². The molecule has 0 bridgehead atoms. The summed E-state index contributed by atoms with van der Waals surface area (Å²) in [5.41, 5.74) is 1.55. The van der Waals surface area contributed by atoms with Gasteiger partial charge in [-0.15, -0.1) is 0 Å². The molecule has 1 radical (unpaired) electrons. The van der Waals surface area contributed by atoms with E-state index in [0.29, 0.717) is 24.8 Å². The van der Waals surface area contributed by atoms with Crippen molar-refractivity contribution in [1.29, 1.82) is 0 Å². The topological polar surface area (TPSA) is 62.3 Å². The van der Waals surface area contributed by atoms with Crippen molar-refractivity contribution in [3.8, 4) is 0 Å². The maximum atomic E-state index is 4.45. The Morgan fingerprint density at radius 3 is 1.63 bits per heavy atom. The molecule has 0 spiro atoms. The largest absolute Gasteiger partial charge is 2.00 e. The SMILES string of the molecule is C1=NC(c2cccc(C3=NCC=N3)n2)=NC1.[Cl-].[Cl-].[Co+2]. The minimum Gasteiger partial charge on any atom is -1.00 e. The molecule has 0 amide bonds. The smallest absolute Gasteiger partial charge is 1.00 e. The van der Waals surface area contributed by atoms with Crippen LogP contribution in [0.3, 0.4) is 0 Å². The van der Waals surface area contributed by atoms with E-state index in [-0.39, 0.29) is 41.6 Å². The van der Waals surface area contributed by atoms with Crippen molar-refractivity contribution in [2.75, 3.05) is 13.1 Å². The summed E-state index contributed by atoms with van der Waals surface area (Å²) in [5.74, 6) is 1.37.